The van der Waals surface area contributed by atoms with Crippen molar-refractivity contribution in [3.8, 4) is 17.2 Å². The molecule has 3 heterocycles. The number of aliphatic carboxylic acids is 1. The van der Waals surface area contributed by atoms with Crippen LogP contribution >= 0.6 is 0 Å². The first-order valence-corrected chi connectivity index (χ1v) is 14.1. The van der Waals surface area contributed by atoms with Gasteiger partial charge in [-0.05, 0) is 56.0 Å². The number of aromatic nitrogens is 2. The van der Waals surface area contributed by atoms with Crippen molar-refractivity contribution < 1.29 is 28.9 Å². The largest absolute Gasteiger partial charge is 0.493 e. The van der Waals surface area contributed by atoms with Crippen LogP contribution < -0.4 is 19.9 Å². The molecule has 0 bridgehead atoms. The Kier molecular flexibility index (Phi) is 10.5. The molecule has 218 valence electrons. The first-order valence-electron chi connectivity index (χ1n) is 14.1. The molecule has 3 N–H and O–H groups in total. The fourth-order valence-corrected chi connectivity index (χ4v) is 5.72. The van der Waals surface area contributed by atoms with E-state index in [1.54, 1.807) is 25.6 Å². The summed E-state index contributed by atoms with van der Waals surface area (Å²) < 4.78 is 16.7. The van der Waals surface area contributed by atoms with Gasteiger partial charge in [0, 0.05) is 50.4 Å². The van der Waals surface area contributed by atoms with Gasteiger partial charge < -0.3 is 30.0 Å². The van der Waals surface area contributed by atoms with Gasteiger partial charge in [-0.25, -0.2) is 9.97 Å². The van der Waals surface area contributed by atoms with Crippen LogP contribution in [0, 0.1) is 5.92 Å². The number of hydrogen-bond donors (Lipinski definition) is 2. The predicted octanol–water partition coefficient (Wildman–Crippen LogP) is 2.68. The number of methoxy groups -OCH3 is 1. The molecule has 1 aromatic heterocycles. The van der Waals surface area contributed by atoms with Crippen molar-refractivity contribution in [2.24, 2.45) is 11.7 Å². The number of fused-ring (bicyclic) bond motifs is 1. The highest BCUT2D eigenvalue weighted by Crippen LogP contribution is 2.47. The van der Waals surface area contributed by atoms with E-state index in [-0.39, 0.29) is 31.2 Å². The van der Waals surface area contributed by atoms with Crippen LogP contribution in [0.2, 0.25) is 0 Å². The van der Waals surface area contributed by atoms with Crippen LogP contribution in [0.15, 0.2) is 30.6 Å². The summed E-state index contributed by atoms with van der Waals surface area (Å²) >= 11 is 0. The van der Waals surface area contributed by atoms with Gasteiger partial charge in [-0.1, -0.05) is 13.3 Å². The molecule has 1 amide bonds. The third-order valence-corrected chi connectivity index (χ3v) is 7.78. The maximum absolute atomic E-state index is 13.6. The van der Waals surface area contributed by atoms with E-state index in [1.165, 1.54) is 0 Å². The molecule has 1 aromatic carbocycles. The normalized spacial score (nSPS) is 20.0. The van der Waals surface area contributed by atoms with E-state index in [1.807, 2.05) is 21.9 Å². The molecular formula is C29H41N5O6. The second-order valence-corrected chi connectivity index (χ2v) is 10.4. The summed E-state index contributed by atoms with van der Waals surface area (Å²) in [6, 6.07) is 5.04. The Bertz CT molecular complexity index is 1130. The average Bonchev–Trinajstić information content (AvgIpc) is 3.58. The second kappa shape index (κ2) is 14.3. The lowest BCUT2D eigenvalue weighted by Crippen LogP contribution is -2.45. The van der Waals surface area contributed by atoms with E-state index in [4.69, 9.17) is 19.9 Å². The van der Waals surface area contributed by atoms with Crippen LogP contribution in [-0.2, 0) is 16.0 Å². The number of likely N-dealkylation sites (tertiary alicyclic amines) is 1. The van der Waals surface area contributed by atoms with E-state index >= 15 is 0 Å². The molecule has 0 saturated carbocycles. The first kappa shape index (κ1) is 29.5. The molecule has 2 aliphatic rings. The molecular weight excluding hydrogens is 514 g/mol. The maximum Gasteiger partial charge on any atom is 0.308 e. The summed E-state index contributed by atoms with van der Waals surface area (Å²) in [7, 11) is 1.55. The Balaban J connectivity index is 1.62. The first-order chi connectivity index (χ1) is 19.5. The summed E-state index contributed by atoms with van der Waals surface area (Å²) in [6.45, 7) is 4.67. The number of hydrogen-bond acceptors (Lipinski definition) is 9. The number of amides is 1. The third kappa shape index (κ3) is 7.00. The van der Waals surface area contributed by atoms with E-state index in [9.17, 15) is 14.7 Å². The van der Waals surface area contributed by atoms with Gasteiger partial charge in [0.15, 0.2) is 11.5 Å². The SMILES string of the molecule is CCCCN(CCCCN)C(=O)CN1CC(c2cc(OC)c3c(c2)OCO3)C(C(=O)O)C1CCc1ncccn1. The van der Waals surface area contributed by atoms with Crippen molar-refractivity contribution in [2.75, 3.05) is 46.6 Å². The van der Waals surface area contributed by atoms with Gasteiger partial charge in [0.1, 0.15) is 5.82 Å². The van der Waals surface area contributed by atoms with Crippen LogP contribution in [0.4, 0.5) is 0 Å². The quantitative estimate of drug-likeness (QED) is 0.315. The number of carboxylic acid groups (broad SMARTS) is 1. The highest BCUT2D eigenvalue weighted by Gasteiger charge is 2.47. The minimum Gasteiger partial charge on any atom is -0.493 e. The van der Waals surface area contributed by atoms with Crippen molar-refractivity contribution in [1.82, 2.24) is 19.8 Å². The fraction of sp³-hybridized carbons (Fsp3) is 0.586. The molecule has 3 unspecified atom stereocenters. The molecule has 4 rings (SSSR count). The number of ether oxygens (including phenoxy) is 3. The molecule has 1 fully saturated rings. The van der Waals surface area contributed by atoms with Crippen LogP contribution in [0.25, 0.3) is 0 Å². The Hall–Kier alpha value is -3.44. The highest BCUT2D eigenvalue weighted by molar-refractivity contribution is 5.79. The number of benzene rings is 1. The number of nitrogens with two attached hydrogens (primary N) is 1. The molecule has 40 heavy (non-hydrogen) atoms. The number of carbonyl (C=O) groups is 2. The second-order valence-electron chi connectivity index (χ2n) is 10.4. The van der Waals surface area contributed by atoms with Crippen molar-refractivity contribution in [3.05, 3.63) is 42.0 Å². The highest BCUT2D eigenvalue weighted by atomic mass is 16.7. The number of carbonyl (C=O) groups excluding carboxylic acids is 1. The van der Waals surface area contributed by atoms with Crippen LogP contribution in [-0.4, -0.2) is 89.4 Å². The van der Waals surface area contributed by atoms with Gasteiger partial charge in [0.05, 0.1) is 19.6 Å². The maximum atomic E-state index is 13.6. The summed E-state index contributed by atoms with van der Waals surface area (Å²) in [4.78, 5) is 39.0. The zero-order valence-corrected chi connectivity index (χ0v) is 23.5. The van der Waals surface area contributed by atoms with Gasteiger partial charge in [-0.2, -0.15) is 0 Å². The molecule has 0 spiro atoms. The van der Waals surface area contributed by atoms with Crippen LogP contribution in [0.3, 0.4) is 0 Å². The van der Waals surface area contributed by atoms with Crippen LogP contribution in [0.1, 0.15) is 56.3 Å². The zero-order chi connectivity index (χ0) is 28.5. The minimum atomic E-state index is -0.902. The van der Waals surface area contributed by atoms with Gasteiger partial charge >= 0.3 is 5.97 Å². The van der Waals surface area contributed by atoms with E-state index in [2.05, 4.69) is 16.9 Å². The summed E-state index contributed by atoms with van der Waals surface area (Å²) in [5.41, 5.74) is 6.48. The summed E-state index contributed by atoms with van der Waals surface area (Å²) in [5, 5.41) is 10.5. The number of rotatable bonds is 15. The molecule has 11 nitrogen and oxygen atoms in total. The summed E-state index contributed by atoms with van der Waals surface area (Å²) in [6.07, 6.45) is 7.98. The third-order valence-electron chi connectivity index (χ3n) is 7.78. The lowest BCUT2D eigenvalue weighted by atomic mass is 9.83. The van der Waals surface area contributed by atoms with Crippen molar-refractivity contribution >= 4 is 11.9 Å². The molecule has 11 heteroatoms. The molecule has 2 aliphatic heterocycles. The Morgan fingerprint density at radius 1 is 1.18 bits per heavy atom. The van der Waals surface area contributed by atoms with E-state index in [0.29, 0.717) is 62.1 Å². The molecule has 2 aromatic rings. The van der Waals surface area contributed by atoms with Gasteiger partial charge in [-0.15, -0.1) is 0 Å². The molecule has 0 aliphatic carbocycles. The van der Waals surface area contributed by atoms with Crippen molar-refractivity contribution in [1.29, 1.82) is 0 Å². The molecule has 1 saturated heterocycles. The van der Waals surface area contributed by atoms with Gasteiger partial charge in [0.2, 0.25) is 18.4 Å². The number of aryl methyl sites for hydroxylation is 1. The fourth-order valence-electron chi connectivity index (χ4n) is 5.72. The number of unbranched alkanes of at least 4 members (excludes halogenated alkanes) is 2. The standard InChI is InChI=1S/C29H41N5O6/c1-3-4-13-33(14-6-5-10-30)26(35)18-34-17-21(20-15-23(38-2)28-24(16-20)39-19-40-28)27(29(36)37)22(34)8-9-25-31-11-7-12-32-25/h7,11-12,15-16,21-22,27H,3-6,8-10,13-14,17-19,30H2,1-2H3,(H,36,37). The van der Waals surface area contributed by atoms with Gasteiger partial charge in [0.25, 0.3) is 0 Å². The Labute approximate surface area is 235 Å². The molecule has 0 radical (unpaired) electrons. The smallest absolute Gasteiger partial charge is 0.308 e. The summed E-state index contributed by atoms with van der Waals surface area (Å²) in [5.74, 6) is 0.194. The number of nitrogens with zero attached hydrogens (tertiary/aromatic N) is 4. The lowest BCUT2D eigenvalue weighted by Gasteiger charge is -2.29. The van der Waals surface area contributed by atoms with Crippen LogP contribution in [0.5, 0.6) is 17.2 Å². The zero-order valence-electron chi connectivity index (χ0n) is 23.5. The minimum absolute atomic E-state index is 0.0134. The number of carboxylic acids is 1. The van der Waals surface area contributed by atoms with E-state index in [0.717, 1.165) is 31.2 Å². The average molecular weight is 556 g/mol. The van der Waals surface area contributed by atoms with Gasteiger partial charge in [-0.3, -0.25) is 14.5 Å². The predicted molar refractivity (Wildman–Crippen MR) is 148 cm³/mol. The van der Waals surface area contributed by atoms with E-state index < -0.39 is 11.9 Å². The topological polar surface area (TPSA) is 140 Å². The van der Waals surface area contributed by atoms with Crippen molar-refractivity contribution in [2.45, 2.75) is 57.4 Å². The van der Waals surface area contributed by atoms with Crippen molar-refractivity contribution in [3.63, 3.8) is 0 Å². The Morgan fingerprint density at radius 3 is 2.65 bits per heavy atom. The Morgan fingerprint density at radius 2 is 1.95 bits per heavy atom. The monoisotopic (exact) mass is 555 g/mol. The lowest BCUT2D eigenvalue weighted by molar-refractivity contribution is -0.143. The molecule has 3 atom stereocenters.